The Hall–Kier alpha value is -2.03. The molecule has 110 valence electrons. The number of rotatable bonds is 4. The van der Waals surface area contributed by atoms with Gasteiger partial charge in [0.25, 0.3) is 0 Å². The van der Waals surface area contributed by atoms with Crippen LogP contribution in [-0.4, -0.2) is 9.55 Å². The molecule has 1 heterocycles. The van der Waals surface area contributed by atoms with E-state index in [-0.39, 0.29) is 0 Å². The monoisotopic (exact) mass is 281 g/mol. The number of aromatic nitrogens is 2. The number of nitrogens with two attached hydrogens (primary N) is 1. The fourth-order valence-corrected chi connectivity index (χ4v) is 3.28. The summed E-state index contributed by atoms with van der Waals surface area (Å²) in [5, 5.41) is 0. The molecule has 3 rings (SSSR count). The highest BCUT2D eigenvalue weighted by Crippen LogP contribution is 2.37. The number of nitrogen functional groups attached to an aromatic ring is 1. The van der Waals surface area contributed by atoms with Crippen molar-refractivity contribution >= 4 is 5.82 Å². The van der Waals surface area contributed by atoms with Gasteiger partial charge in [-0.15, -0.1) is 6.58 Å². The molecule has 1 aromatic heterocycles. The van der Waals surface area contributed by atoms with Crippen molar-refractivity contribution in [1.82, 2.24) is 9.55 Å². The van der Waals surface area contributed by atoms with E-state index in [1.54, 1.807) is 0 Å². The zero-order valence-corrected chi connectivity index (χ0v) is 12.5. The zero-order chi connectivity index (χ0) is 14.7. The van der Waals surface area contributed by atoms with E-state index in [0.29, 0.717) is 12.5 Å². The predicted octanol–water partition coefficient (Wildman–Crippen LogP) is 4.37. The maximum Gasteiger partial charge on any atom is 0.142 e. The van der Waals surface area contributed by atoms with Gasteiger partial charge in [0.15, 0.2) is 0 Å². The first-order chi connectivity index (χ1) is 10.3. The molecule has 21 heavy (non-hydrogen) atoms. The van der Waals surface area contributed by atoms with Crippen LogP contribution < -0.4 is 5.73 Å². The highest BCUT2D eigenvalue weighted by atomic mass is 15.1. The molecule has 3 heteroatoms. The summed E-state index contributed by atoms with van der Waals surface area (Å²) in [6.07, 6.45) is 8.23. The third-order valence-electron chi connectivity index (χ3n) is 4.37. The van der Waals surface area contributed by atoms with Crippen LogP contribution in [0.15, 0.2) is 43.0 Å². The molecule has 3 nitrogen and oxygen atoms in total. The molecule has 2 N–H and O–H groups in total. The normalized spacial score (nSPS) is 16.0. The summed E-state index contributed by atoms with van der Waals surface area (Å²) in [6.45, 7) is 4.55. The van der Waals surface area contributed by atoms with Crippen molar-refractivity contribution in [3.8, 4) is 11.4 Å². The van der Waals surface area contributed by atoms with E-state index in [0.717, 1.165) is 22.9 Å². The van der Waals surface area contributed by atoms with Crippen LogP contribution in [0.5, 0.6) is 0 Å². The molecule has 1 aromatic carbocycles. The third kappa shape index (κ3) is 2.73. The van der Waals surface area contributed by atoms with Crippen molar-refractivity contribution in [3.05, 3.63) is 48.7 Å². The summed E-state index contributed by atoms with van der Waals surface area (Å²) in [5.74, 6) is 2.31. The van der Waals surface area contributed by atoms with E-state index < -0.39 is 0 Å². The van der Waals surface area contributed by atoms with Crippen molar-refractivity contribution in [1.29, 1.82) is 0 Å². The van der Waals surface area contributed by atoms with E-state index in [1.807, 2.05) is 24.3 Å². The smallest absolute Gasteiger partial charge is 0.142 e. The van der Waals surface area contributed by atoms with E-state index in [1.165, 1.54) is 32.1 Å². The molecular weight excluding hydrogens is 258 g/mol. The minimum Gasteiger partial charge on any atom is -0.384 e. The Bertz CT molecular complexity index is 607. The molecule has 1 aliphatic rings. The Labute approximate surface area is 126 Å². The number of allylic oxidation sites excluding steroid dienone is 1. The van der Waals surface area contributed by atoms with Crippen LogP contribution in [0.4, 0.5) is 5.82 Å². The maximum atomic E-state index is 6.41. The Morgan fingerprint density at radius 3 is 2.57 bits per heavy atom. The lowest BCUT2D eigenvalue weighted by Gasteiger charge is -2.20. The second-order valence-corrected chi connectivity index (χ2v) is 5.81. The molecule has 1 aliphatic carbocycles. The van der Waals surface area contributed by atoms with Gasteiger partial charge in [-0.1, -0.05) is 55.7 Å². The average molecular weight is 281 g/mol. The molecule has 0 spiro atoms. The first kappa shape index (κ1) is 13.9. The molecule has 0 atom stereocenters. The lowest BCUT2D eigenvalue weighted by Crippen LogP contribution is -2.09. The standard InChI is InChI=1S/C18H23N3/c1-2-13-21-17(19)16(14-9-5-3-6-10-14)20-18(21)15-11-7-4-8-12-15/h2,4,7-8,11-12,14H,1,3,5-6,9-10,13,19H2. The first-order valence-electron chi connectivity index (χ1n) is 7.83. The number of hydrogen-bond acceptors (Lipinski definition) is 2. The second kappa shape index (κ2) is 6.17. The topological polar surface area (TPSA) is 43.8 Å². The molecule has 1 fully saturated rings. The molecule has 0 radical (unpaired) electrons. The van der Waals surface area contributed by atoms with Crippen LogP contribution in [0.3, 0.4) is 0 Å². The van der Waals surface area contributed by atoms with Crippen molar-refractivity contribution in [2.45, 2.75) is 44.6 Å². The minimum atomic E-state index is 0.521. The van der Waals surface area contributed by atoms with E-state index in [4.69, 9.17) is 10.7 Å². The van der Waals surface area contributed by atoms with Crippen LogP contribution in [-0.2, 0) is 6.54 Å². The Morgan fingerprint density at radius 2 is 1.90 bits per heavy atom. The van der Waals surface area contributed by atoms with Crippen molar-refractivity contribution in [2.75, 3.05) is 5.73 Å². The van der Waals surface area contributed by atoms with Crippen molar-refractivity contribution in [2.24, 2.45) is 0 Å². The van der Waals surface area contributed by atoms with Gasteiger partial charge in [0.2, 0.25) is 0 Å². The first-order valence-corrected chi connectivity index (χ1v) is 7.83. The third-order valence-corrected chi connectivity index (χ3v) is 4.37. The predicted molar refractivity (Wildman–Crippen MR) is 88.1 cm³/mol. The van der Waals surface area contributed by atoms with Gasteiger partial charge in [-0.2, -0.15) is 0 Å². The number of benzene rings is 1. The van der Waals surface area contributed by atoms with Crippen LogP contribution >= 0.6 is 0 Å². The van der Waals surface area contributed by atoms with E-state index in [9.17, 15) is 0 Å². The van der Waals surface area contributed by atoms with Gasteiger partial charge in [-0.05, 0) is 12.8 Å². The number of anilines is 1. The van der Waals surface area contributed by atoms with Gasteiger partial charge in [0, 0.05) is 18.0 Å². The molecule has 0 saturated heterocycles. The summed E-state index contributed by atoms with van der Waals surface area (Å²) in [5.41, 5.74) is 8.62. The fourth-order valence-electron chi connectivity index (χ4n) is 3.28. The summed E-state index contributed by atoms with van der Waals surface area (Å²) in [4.78, 5) is 4.91. The molecule has 1 saturated carbocycles. The Kier molecular flexibility index (Phi) is 4.09. The van der Waals surface area contributed by atoms with Gasteiger partial charge >= 0.3 is 0 Å². The maximum absolute atomic E-state index is 6.41. The van der Waals surface area contributed by atoms with Crippen LogP contribution in [0, 0.1) is 0 Å². The fraction of sp³-hybridized carbons (Fsp3) is 0.389. The lowest BCUT2D eigenvalue weighted by atomic mass is 9.87. The number of imidazole rings is 1. The molecule has 0 amide bonds. The van der Waals surface area contributed by atoms with E-state index in [2.05, 4.69) is 23.3 Å². The Balaban J connectivity index is 2.04. The minimum absolute atomic E-state index is 0.521. The van der Waals surface area contributed by atoms with Crippen LogP contribution in [0.25, 0.3) is 11.4 Å². The lowest BCUT2D eigenvalue weighted by molar-refractivity contribution is 0.438. The summed E-state index contributed by atoms with van der Waals surface area (Å²) in [7, 11) is 0. The summed E-state index contributed by atoms with van der Waals surface area (Å²) < 4.78 is 2.09. The van der Waals surface area contributed by atoms with Crippen LogP contribution in [0.2, 0.25) is 0 Å². The molecule has 0 bridgehead atoms. The second-order valence-electron chi connectivity index (χ2n) is 5.81. The summed E-state index contributed by atoms with van der Waals surface area (Å²) >= 11 is 0. The SMILES string of the molecule is C=CCn1c(-c2ccccc2)nc(C2CCCCC2)c1N. The number of hydrogen-bond donors (Lipinski definition) is 1. The van der Waals surface area contributed by atoms with Crippen LogP contribution in [0.1, 0.15) is 43.7 Å². The zero-order valence-electron chi connectivity index (χ0n) is 12.5. The highest BCUT2D eigenvalue weighted by Gasteiger charge is 2.24. The van der Waals surface area contributed by atoms with Gasteiger partial charge in [-0.3, -0.25) is 0 Å². The molecule has 0 unspecified atom stereocenters. The molecule has 0 aliphatic heterocycles. The largest absolute Gasteiger partial charge is 0.384 e. The molecule has 2 aromatic rings. The van der Waals surface area contributed by atoms with Gasteiger partial charge in [0.1, 0.15) is 11.6 Å². The quantitative estimate of drug-likeness (QED) is 0.846. The van der Waals surface area contributed by atoms with E-state index >= 15 is 0 Å². The summed E-state index contributed by atoms with van der Waals surface area (Å²) in [6, 6.07) is 10.3. The van der Waals surface area contributed by atoms with Gasteiger partial charge < -0.3 is 10.3 Å². The van der Waals surface area contributed by atoms with Crippen molar-refractivity contribution in [3.63, 3.8) is 0 Å². The van der Waals surface area contributed by atoms with Crippen molar-refractivity contribution < 1.29 is 0 Å². The highest BCUT2D eigenvalue weighted by molar-refractivity contribution is 5.61. The van der Waals surface area contributed by atoms with Gasteiger partial charge in [-0.25, -0.2) is 4.98 Å². The molecular formula is C18H23N3. The average Bonchev–Trinajstić information content (AvgIpc) is 2.87. The Morgan fingerprint density at radius 1 is 1.19 bits per heavy atom. The number of nitrogens with zero attached hydrogens (tertiary/aromatic N) is 2. The van der Waals surface area contributed by atoms with Gasteiger partial charge in [0.05, 0.1) is 5.69 Å².